The van der Waals surface area contributed by atoms with Crippen molar-refractivity contribution in [3.63, 3.8) is 0 Å². The molecule has 1 N–H and O–H groups in total. The standard InChI is InChI=1S/C11H12FN3OS/c1-3-13-11-14-10(15-17-11)7-4-5-8(12)9(6-7)16-2/h4-6H,3H2,1-2H3,(H,13,14,15). The van der Waals surface area contributed by atoms with Gasteiger partial charge in [0.05, 0.1) is 7.11 Å². The third-order valence-corrected chi connectivity index (χ3v) is 2.84. The summed E-state index contributed by atoms with van der Waals surface area (Å²) in [5, 5.41) is 3.83. The van der Waals surface area contributed by atoms with Crippen molar-refractivity contribution in [3.05, 3.63) is 24.0 Å². The first-order valence-corrected chi connectivity index (χ1v) is 5.93. The van der Waals surface area contributed by atoms with Crippen LogP contribution in [0.25, 0.3) is 11.4 Å². The van der Waals surface area contributed by atoms with Gasteiger partial charge in [-0.05, 0) is 25.1 Å². The van der Waals surface area contributed by atoms with E-state index in [0.29, 0.717) is 5.82 Å². The van der Waals surface area contributed by atoms with E-state index in [1.165, 1.54) is 24.7 Å². The van der Waals surface area contributed by atoms with Crippen LogP contribution >= 0.6 is 11.5 Å². The molecule has 4 nitrogen and oxygen atoms in total. The third-order valence-electron chi connectivity index (χ3n) is 2.16. The first kappa shape index (κ1) is 11.8. The zero-order valence-corrected chi connectivity index (χ0v) is 10.3. The maximum absolute atomic E-state index is 13.2. The summed E-state index contributed by atoms with van der Waals surface area (Å²) in [4.78, 5) is 4.29. The number of nitrogens with one attached hydrogen (secondary N) is 1. The molecule has 0 radical (unpaired) electrons. The van der Waals surface area contributed by atoms with E-state index in [-0.39, 0.29) is 5.75 Å². The summed E-state index contributed by atoms with van der Waals surface area (Å²) >= 11 is 1.28. The largest absolute Gasteiger partial charge is 0.494 e. The predicted molar refractivity (Wildman–Crippen MR) is 66.0 cm³/mol. The molecule has 0 unspecified atom stereocenters. The number of ether oxygens (including phenoxy) is 1. The Morgan fingerprint density at radius 3 is 3.00 bits per heavy atom. The number of hydrogen-bond acceptors (Lipinski definition) is 5. The van der Waals surface area contributed by atoms with Crippen molar-refractivity contribution in [2.45, 2.75) is 6.92 Å². The van der Waals surface area contributed by atoms with Gasteiger partial charge in [-0.1, -0.05) is 0 Å². The topological polar surface area (TPSA) is 47.0 Å². The minimum absolute atomic E-state index is 0.197. The van der Waals surface area contributed by atoms with Gasteiger partial charge in [-0.25, -0.2) is 4.39 Å². The van der Waals surface area contributed by atoms with E-state index in [0.717, 1.165) is 17.2 Å². The van der Waals surface area contributed by atoms with Crippen LogP contribution in [0.4, 0.5) is 9.52 Å². The van der Waals surface area contributed by atoms with Crippen molar-refractivity contribution < 1.29 is 9.13 Å². The molecule has 1 aromatic heterocycles. The molecule has 0 aliphatic rings. The van der Waals surface area contributed by atoms with E-state index in [1.54, 1.807) is 12.1 Å². The van der Waals surface area contributed by atoms with Gasteiger partial charge in [-0.3, -0.25) is 0 Å². The monoisotopic (exact) mass is 253 g/mol. The number of nitrogens with zero attached hydrogens (tertiary/aromatic N) is 2. The van der Waals surface area contributed by atoms with Gasteiger partial charge < -0.3 is 10.1 Å². The van der Waals surface area contributed by atoms with E-state index in [9.17, 15) is 4.39 Å². The first-order valence-electron chi connectivity index (χ1n) is 5.16. The lowest BCUT2D eigenvalue weighted by Gasteiger charge is -2.02. The zero-order chi connectivity index (χ0) is 12.3. The van der Waals surface area contributed by atoms with Gasteiger partial charge in [0.2, 0.25) is 5.13 Å². The molecule has 17 heavy (non-hydrogen) atoms. The van der Waals surface area contributed by atoms with E-state index in [2.05, 4.69) is 14.7 Å². The summed E-state index contributed by atoms with van der Waals surface area (Å²) in [5.74, 6) is 0.380. The summed E-state index contributed by atoms with van der Waals surface area (Å²) in [6.07, 6.45) is 0. The summed E-state index contributed by atoms with van der Waals surface area (Å²) < 4.78 is 22.4. The summed E-state index contributed by atoms with van der Waals surface area (Å²) in [6.45, 7) is 2.78. The number of hydrogen-bond donors (Lipinski definition) is 1. The Morgan fingerprint density at radius 2 is 2.29 bits per heavy atom. The summed E-state index contributed by atoms with van der Waals surface area (Å²) in [5.41, 5.74) is 0.739. The molecule has 0 aliphatic heterocycles. The minimum Gasteiger partial charge on any atom is -0.494 e. The fraction of sp³-hybridized carbons (Fsp3) is 0.273. The molecule has 0 aliphatic carbocycles. The highest BCUT2D eigenvalue weighted by atomic mass is 32.1. The molecule has 2 aromatic rings. The highest BCUT2D eigenvalue weighted by Crippen LogP contribution is 2.26. The SMILES string of the molecule is CCNc1nc(-c2ccc(F)c(OC)c2)ns1. The lowest BCUT2D eigenvalue weighted by molar-refractivity contribution is 0.387. The van der Waals surface area contributed by atoms with Crippen LogP contribution in [0, 0.1) is 5.82 Å². The molecule has 1 aromatic carbocycles. The van der Waals surface area contributed by atoms with Crippen molar-refractivity contribution in [2.75, 3.05) is 19.0 Å². The van der Waals surface area contributed by atoms with Gasteiger partial charge in [0.1, 0.15) is 0 Å². The molecular formula is C11H12FN3OS. The number of benzene rings is 1. The summed E-state index contributed by atoms with van der Waals surface area (Å²) in [6, 6.07) is 4.57. The van der Waals surface area contributed by atoms with Gasteiger partial charge in [0, 0.05) is 23.6 Å². The Hall–Kier alpha value is -1.69. The van der Waals surface area contributed by atoms with Gasteiger partial charge in [0.25, 0.3) is 0 Å². The number of aromatic nitrogens is 2. The van der Waals surface area contributed by atoms with Crippen LogP contribution in [-0.2, 0) is 0 Å². The second kappa shape index (κ2) is 5.09. The second-order valence-electron chi connectivity index (χ2n) is 3.30. The molecule has 0 bridgehead atoms. The fourth-order valence-corrected chi connectivity index (χ4v) is 2.02. The first-order chi connectivity index (χ1) is 8.24. The highest BCUT2D eigenvalue weighted by Gasteiger charge is 2.09. The van der Waals surface area contributed by atoms with Gasteiger partial charge in [0.15, 0.2) is 17.4 Å². The molecule has 6 heteroatoms. The van der Waals surface area contributed by atoms with Crippen LogP contribution in [0.5, 0.6) is 5.75 Å². The van der Waals surface area contributed by atoms with Crippen LogP contribution in [0.3, 0.4) is 0 Å². The predicted octanol–water partition coefficient (Wildman–Crippen LogP) is 2.78. The van der Waals surface area contributed by atoms with E-state index < -0.39 is 5.82 Å². The number of halogens is 1. The molecule has 0 spiro atoms. The van der Waals surface area contributed by atoms with E-state index in [1.807, 2.05) is 6.92 Å². The van der Waals surface area contributed by atoms with Crippen LogP contribution in [0.15, 0.2) is 18.2 Å². The minimum atomic E-state index is -0.390. The van der Waals surface area contributed by atoms with Crippen molar-refractivity contribution in [3.8, 4) is 17.1 Å². The Morgan fingerprint density at radius 1 is 1.47 bits per heavy atom. The third kappa shape index (κ3) is 2.52. The maximum atomic E-state index is 13.2. The Kier molecular flexibility index (Phi) is 3.53. The van der Waals surface area contributed by atoms with E-state index in [4.69, 9.17) is 4.74 Å². The number of anilines is 1. The van der Waals surface area contributed by atoms with Crippen molar-refractivity contribution in [1.29, 1.82) is 0 Å². The normalized spacial score (nSPS) is 10.3. The molecule has 0 fully saturated rings. The smallest absolute Gasteiger partial charge is 0.202 e. The Balaban J connectivity index is 2.32. The molecule has 0 saturated heterocycles. The molecule has 2 rings (SSSR count). The summed E-state index contributed by atoms with van der Waals surface area (Å²) in [7, 11) is 1.43. The lowest BCUT2D eigenvalue weighted by atomic mass is 10.2. The molecule has 90 valence electrons. The second-order valence-corrected chi connectivity index (χ2v) is 4.05. The van der Waals surface area contributed by atoms with Crippen molar-refractivity contribution >= 4 is 16.7 Å². The van der Waals surface area contributed by atoms with Gasteiger partial charge >= 0.3 is 0 Å². The van der Waals surface area contributed by atoms with Gasteiger partial charge in [-0.15, -0.1) is 0 Å². The Bertz CT molecular complexity index is 515. The molecular weight excluding hydrogens is 241 g/mol. The maximum Gasteiger partial charge on any atom is 0.202 e. The average Bonchev–Trinajstić information content (AvgIpc) is 2.79. The fourth-order valence-electron chi connectivity index (χ4n) is 1.36. The van der Waals surface area contributed by atoms with Crippen molar-refractivity contribution in [1.82, 2.24) is 9.36 Å². The highest BCUT2D eigenvalue weighted by molar-refractivity contribution is 7.09. The number of rotatable bonds is 4. The van der Waals surface area contributed by atoms with Crippen LogP contribution in [-0.4, -0.2) is 23.0 Å². The lowest BCUT2D eigenvalue weighted by Crippen LogP contribution is -1.95. The van der Waals surface area contributed by atoms with Crippen molar-refractivity contribution in [2.24, 2.45) is 0 Å². The molecule has 0 saturated carbocycles. The molecule has 0 atom stereocenters. The Labute approximate surface area is 103 Å². The van der Waals surface area contributed by atoms with Crippen LogP contribution in [0.2, 0.25) is 0 Å². The van der Waals surface area contributed by atoms with Gasteiger partial charge in [-0.2, -0.15) is 9.36 Å². The molecule has 0 amide bonds. The molecule has 1 heterocycles. The van der Waals surface area contributed by atoms with Crippen LogP contribution < -0.4 is 10.1 Å². The van der Waals surface area contributed by atoms with E-state index >= 15 is 0 Å². The quantitative estimate of drug-likeness (QED) is 0.910. The van der Waals surface area contributed by atoms with Crippen LogP contribution in [0.1, 0.15) is 6.92 Å². The number of methoxy groups -OCH3 is 1. The zero-order valence-electron chi connectivity index (χ0n) is 9.53. The average molecular weight is 253 g/mol.